The second-order valence-corrected chi connectivity index (χ2v) is 9.35. The Balaban J connectivity index is 1.62. The molecule has 4 rings (SSSR count). The van der Waals surface area contributed by atoms with Gasteiger partial charge >= 0.3 is 0 Å². The van der Waals surface area contributed by atoms with Crippen LogP contribution in [0.3, 0.4) is 0 Å². The van der Waals surface area contributed by atoms with Crippen molar-refractivity contribution in [1.82, 2.24) is 0 Å². The highest BCUT2D eigenvalue weighted by Crippen LogP contribution is 2.66. The zero-order valence-corrected chi connectivity index (χ0v) is 15.2. The number of rotatable bonds is 1. The number of hydrogen-bond acceptors (Lipinski definition) is 2. The summed E-state index contributed by atoms with van der Waals surface area (Å²) < 4.78 is 0. The average Bonchev–Trinajstić information content (AvgIpc) is 2.90. The molecule has 0 aliphatic heterocycles. The lowest BCUT2D eigenvalue weighted by atomic mass is 9.47. The first-order valence-electron chi connectivity index (χ1n) is 9.94. The molecule has 0 aromatic rings. The van der Waals surface area contributed by atoms with Gasteiger partial charge in [0.2, 0.25) is 0 Å². The summed E-state index contributed by atoms with van der Waals surface area (Å²) in [5.74, 6) is 3.08. The van der Waals surface area contributed by atoms with Crippen molar-refractivity contribution in [3.63, 3.8) is 0 Å². The van der Waals surface area contributed by atoms with Crippen LogP contribution in [0.25, 0.3) is 0 Å². The van der Waals surface area contributed by atoms with Crippen LogP contribution in [-0.2, 0) is 0 Å². The molecule has 4 aliphatic carbocycles. The lowest BCUT2D eigenvalue weighted by Gasteiger charge is -2.58. The van der Waals surface area contributed by atoms with E-state index in [2.05, 4.69) is 32.1 Å². The van der Waals surface area contributed by atoms with Crippen molar-refractivity contribution in [2.45, 2.75) is 71.3 Å². The smallest absolute Gasteiger partial charge is 0.0908 e. The van der Waals surface area contributed by atoms with Gasteiger partial charge in [-0.15, -0.1) is 0 Å². The molecular formula is C22H31NO. The summed E-state index contributed by atoms with van der Waals surface area (Å²) in [6.07, 6.45) is 15.8. The van der Waals surface area contributed by atoms with Gasteiger partial charge in [-0.2, -0.15) is 5.26 Å². The van der Waals surface area contributed by atoms with Crippen LogP contribution in [0.5, 0.6) is 0 Å². The Labute approximate surface area is 146 Å². The molecule has 3 saturated carbocycles. The topological polar surface area (TPSA) is 44.0 Å². The van der Waals surface area contributed by atoms with E-state index in [9.17, 15) is 5.11 Å². The lowest BCUT2D eigenvalue weighted by Crippen LogP contribution is -2.50. The summed E-state index contributed by atoms with van der Waals surface area (Å²) >= 11 is 0. The molecule has 3 fully saturated rings. The Hall–Kier alpha value is -1.07. The standard InChI is InChI=1S/C22H31NO/c1-21-12-10-20-18(19(21)8-6-15(21)4-3-13-23)7-5-16-14-17(24)9-11-22(16,20)2/h3-4,14-15,17-20,24H,5-12H2,1-2H3/b4-3+/t15-,17-,18-,19-,20-,21+,22-/m0/s1. The van der Waals surface area contributed by atoms with Crippen molar-refractivity contribution in [3.05, 3.63) is 23.8 Å². The van der Waals surface area contributed by atoms with Gasteiger partial charge in [-0.1, -0.05) is 31.6 Å². The van der Waals surface area contributed by atoms with Gasteiger partial charge in [0.1, 0.15) is 0 Å². The molecule has 1 N–H and O–H groups in total. The van der Waals surface area contributed by atoms with Crippen molar-refractivity contribution in [1.29, 1.82) is 5.26 Å². The minimum atomic E-state index is -0.203. The third-order valence-corrected chi connectivity index (χ3v) is 8.57. The van der Waals surface area contributed by atoms with E-state index >= 15 is 0 Å². The van der Waals surface area contributed by atoms with Gasteiger partial charge < -0.3 is 5.11 Å². The first-order valence-corrected chi connectivity index (χ1v) is 9.94. The predicted octanol–water partition coefficient (Wildman–Crippen LogP) is 5.01. The highest BCUT2D eigenvalue weighted by atomic mass is 16.3. The highest BCUT2D eigenvalue weighted by molar-refractivity contribution is 5.26. The van der Waals surface area contributed by atoms with Crippen LogP contribution in [0.2, 0.25) is 0 Å². The molecule has 0 saturated heterocycles. The normalized spacial score (nSPS) is 50.6. The number of hydrogen-bond donors (Lipinski definition) is 1. The number of nitriles is 1. The minimum absolute atomic E-state index is 0.203. The number of fused-ring (bicyclic) bond motifs is 5. The molecule has 2 nitrogen and oxygen atoms in total. The Morgan fingerprint density at radius 3 is 2.75 bits per heavy atom. The van der Waals surface area contributed by atoms with Crippen molar-refractivity contribution in [2.75, 3.05) is 0 Å². The van der Waals surface area contributed by atoms with Crippen molar-refractivity contribution in [2.24, 2.45) is 34.5 Å². The van der Waals surface area contributed by atoms with Crippen LogP contribution >= 0.6 is 0 Å². The van der Waals surface area contributed by atoms with Gasteiger partial charge in [0.25, 0.3) is 0 Å². The number of aliphatic hydroxyl groups is 1. The molecule has 7 atom stereocenters. The Morgan fingerprint density at radius 1 is 1.12 bits per heavy atom. The quantitative estimate of drug-likeness (QED) is 0.544. The molecule has 0 heterocycles. The molecule has 0 unspecified atom stereocenters. The summed E-state index contributed by atoms with van der Waals surface area (Å²) in [5.41, 5.74) is 2.30. The molecule has 0 aromatic heterocycles. The maximum atomic E-state index is 10.1. The summed E-state index contributed by atoms with van der Waals surface area (Å²) in [6.45, 7) is 5.00. The van der Waals surface area contributed by atoms with Crippen molar-refractivity contribution < 1.29 is 5.11 Å². The second kappa shape index (κ2) is 5.73. The first kappa shape index (κ1) is 16.4. The van der Waals surface area contributed by atoms with E-state index in [0.29, 0.717) is 16.7 Å². The van der Waals surface area contributed by atoms with E-state index in [1.165, 1.54) is 44.9 Å². The molecule has 0 aromatic carbocycles. The SMILES string of the molecule is C[C@]12CC[C@H]3[C@@H](CCC4=C[C@@H](O)CC[C@@]43C)[C@@H]1CC[C@@H]2/C=C/C#N. The minimum Gasteiger partial charge on any atom is -0.389 e. The molecular weight excluding hydrogens is 294 g/mol. The van der Waals surface area contributed by atoms with Crippen LogP contribution in [0, 0.1) is 45.8 Å². The first-order chi connectivity index (χ1) is 11.5. The third-order valence-electron chi connectivity index (χ3n) is 8.57. The molecule has 4 aliphatic rings. The van der Waals surface area contributed by atoms with E-state index in [-0.39, 0.29) is 6.10 Å². The number of allylic oxidation sites excluding steroid dienone is 3. The predicted molar refractivity (Wildman–Crippen MR) is 96.0 cm³/mol. The van der Waals surface area contributed by atoms with Crippen LogP contribution in [0.15, 0.2) is 23.8 Å². The van der Waals surface area contributed by atoms with Crippen LogP contribution in [-0.4, -0.2) is 11.2 Å². The zero-order chi connectivity index (χ0) is 16.9. The van der Waals surface area contributed by atoms with Crippen molar-refractivity contribution in [3.8, 4) is 6.07 Å². The Kier molecular flexibility index (Phi) is 3.92. The Bertz CT molecular complexity index is 614. The van der Waals surface area contributed by atoms with Gasteiger partial charge in [0.15, 0.2) is 0 Å². The maximum Gasteiger partial charge on any atom is 0.0908 e. The number of aliphatic hydroxyl groups excluding tert-OH is 1. The lowest BCUT2D eigenvalue weighted by molar-refractivity contribution is -0.0496. The zero-order valence-electron chi connectivity index (χ0n) is 15.2. The van der Waals surface area contributed by atoms with Gasteiger partial charge in [-0.25, -0.2) is 0 Å². The molecule has 0 spiro atoms. The average molecular weight is 325 g/mol. The van der Waals surface area contributed by atoms with Gasteiger partial charge in [0, 0.05) is 6.08 Å². The molecule has 2 heteroatoms. The second-order valence-electron chi connectivity index (χ2n) is 9.35. The maximum absolute atomic E-state index is 10.1. The highest BCUT2D eigenvalue weighted by Gasteiger charge is 2.58. The van der Waals surface area contributed by atoms with E-state index < -0.39 is 0 Å². The van der Waals surface area contributed by atoms with Crippen molar-refractivity contribution >= 4 is 0 Å². The summed E-state index contributed by atoms with van der Waals surface area (Å²) in [6, 6.07) is 2.20. The number of nitrogens with zero attached hydrogens (tertiary/aromatic N) is 1. The molecule has 0 radical (unpaired) electrons. The van der Waals surface area contributed by atoms with E-state index in [1.54, 1.807) is 11.6 Å². The van der Waals surface area contributed by atoms with E-state index in [4.69, 9.17) is 5.26 Å². The fourth-order valence-corrected chi connectivity index (χ4v) is 7.23. The monoisotopic (exact) mass is 325 g/mol. The molecule has 0 bridgehead atoms. The summed E-state index contributed by atoms with van der Waals surface area (Å²) in [4.78, 5) is 0. The summed E-state index contributed by atoms with van der Waals surface area (Å²) in [7, 11) is 0. The van der Waals surface area contributed by atoms with E-state index in [0.717, 1.165) is 24.2 Å². The molecule has 0 amide bonds. The molecule has 24 heavy (non-hydrogen) atoms. The van der Waals surface area contributed by atoms with Crippen LogP contribution in [0.1, 0.15) is 65.2 Å². The fraction of sp³-hybridized carbons (Fsp3) is 0.773. The van der Waals surface area contributed by atoms with Gasteiger partial charge in [0.05, 0.1) is 12.2 Å². The van der Waals surface area contributed by atoms with Gasteiger partial charge in [-0.05, 0) is 85.9 Å². The fourth-order valence-electron chi connectivity index (χ4n) is 7.23. The van der Waals surface area contributed by atoms with Gasteiger partial charge in [-0.3, -0.25) is 0 Å². The Morgan fingerprint density at radius 2 is 1.96 bits per heavy atom. The van der Waals surface area contributed by atoms with Crippen LogP contribution < -0.4 is 0 Å². The summed E-state index contributed by atoms with van der Waals surface area (Å²) in [5, 5.41) is 19.0. The molecule has 130 valence electrons. The van der Waals surface area contributed by atoms with E-state index in [1.807, 2.05) is 0 Å². The largest absolute Gasteiger partial charge is 0.389 e. The van der Waals surface area contributed by atoms with Crippen LogP contribution in [0.4, 0.5) is 0 Å². The third kappa shape index (κ3) is 2.24.